The second kappa shape index (κ2) is 6.73. The largest absolute Gasteiger partial charge is 0.481 e. The van der Waals surface area contributed by atoms with Gasteiger partial charge in [0.05, 0.1) is 10.6 Å². The van der Waals surface area contributed by atoms with Crippen LogP contribution in [0.15, 0.2) is 38.0 Å². The Morgan fingerprint density at radius 1 is 1.43 bits per heavy atom. The molecule has 0 bridgehead atoms. The molecule has 0 saturated heterocycles. The third kappa shape index (κ3) is 4.66. The number of nitrogens with zero attached hydrogens (tertiary/aromatic N) is 2. The topological polar surface area (TPSA) is 109 Å². The van der Waals surface area contributed by atoms with E-state index in [1.165, 1.54) is 12.1 Å². The summed E-state index contributed by atoms with van der Waals surface area (Å²) in [5.74, 6) is -1.14. The van der Waals surface area contributed by atoms with E-state index < -0.39 is 16.0 Å². The molecular weight excluding hydrogens is 402 g/mol. The summed E-state index contributed by atoms with van der Waals surface area (Å²) in [6.45, 7) is 0. The smallest absolute Gasteiger partial charge is 0.313 e. The third-order valence-corrected chi connectivity index (χ3v) is 5.97. The highest BCUT2D eigenvalue weighted by Crippen LogP contribution is 2.27. The summed E-state index contributed by atoms with van der Waals surface area (Å²) in [4.78, 5) is 10.5. The van der Waals surface area contributed by atoms with E-state index in [1.807, 2.05) is 0 Å². The standard InChI is InChI=1S/C10H8BrN3O4S3/c11-6-2-1-3-7(4-6)21(17,18)14-9-12-13-10(20-9)19-5-8(15)16/h1-4H,5H2,(H,12,14)(H,15,16). The molecule has 112 valence electrons. The van der Waals surface area contributed by atoms with Gasteiger partial charge in [-0.25, -0.2) is 8.42 Å². The first-order chi connectivity index (χ1) is 9.87. The number of nitrogens with one attached hydrogen (secondary N) is 1. The molecule has 2 rings (SSSR count). The highest BCUT2D eigenvalue weighted by molar-refractivity contribution is 9.10. The molecule has 0 fully saturated rings. The molecule has 0 radical (unpaired) electrons. The lowest BCUT2D eigenvalue weighted by molar-refractivity contribution is -0.133. The number of aliphatic carboxylic acids is 1. The second-order valence-electron chi connectivity index (χ2n) is 3.62. The molecule has 0 aliphatic heterocycles. The SMILES string of the molecule is O=C(O)CSc1nnc(NS(=O)(=O)c2cccc(Br)c2)s1. The number of rotatable bonds is 6. The number of hydrogen-bond acceptors (Lipinski definition) is 7. The first-order valence-electron chi connectivity index (χ1n) is 5.33. The average Bonchev–Trinajstić information content (AvgIpc) is 2.83. The Morgan fingerprint density at radius 2 is 2.19 bits per heavy atom. The van der Waals surface area contributed by atoms with Crippen molar-refractivity contribution < 1.29 is 18.3 Å². The van der Waals surface area contributed by atoms with Crippen molar-refractivity contribution in [3.63, 3.8) is 0 Å². The molecule has 2 aromatic rings. The van der Waals surface area contributed by atoms with Gasteiger partial charge >= 0.3 is 5.97 Å². The Kier molecular flexibility index (Phi) is 5.19. The summed E-state index contributed by atoms with van der Waals surface area (Å²) in [5, 5.41) is 16.0. The van der Waals surface area contributed by atoms with Crippen molar-refractivity contribution in [2.75, 3.05) is 10.5 Å². The van der Waals surface area contributed by atoms with Gasteiger partial charge in [0, 0.05) is 4.47 Å². The molecule has 1 aromatic heterocycles. The van der Waals surface area contributed by atoms with E-state index in [2.05, 4.69) is 30.8 Å². The van der Waals surface area contributed by atoms with E-state index in [0.717, 1.165) is 23.1 Å². The Hall–Kier alpha value is -1.17. The summed E-state index contributed by atoms with van der Waals surface area (Å²) in [6.07, 6.45) is 0. The summed E-state index contributed by atoms with van der Waals surface area (Å²) in [7, 11) is -3.75. The monoisotopic (exact) mass is 409 g/mol. The maximum Gasteiger partial charge on any atom is 0.313 e. The number of carbonyl (C=O) groups is 1. The molecule has 0 atom stereocenters. The number of thioether (sulfide) groups is 1. The lowest BCUT2D eigenvalue weighted by Crippen LogP contribution is -2.12. The molecule has 11 heteroatoms. The summed E-state index contributed by atoms with van der Waals surface area (Å²) < 4.78 is 27.6. The van der Waals surface area contributed by atoms with Crippen LogP contribution in [0.4, 0.5) is 5.13 Å². The van der Waals surface area contributed by atoms with E-state index in [0.29, 0.717) is 8.81 Å². The predicted octanol–water partition coefficient (Wildman–Crippen LogP) is 2.28. The Balaban J connectivity index is 2.12. The van der Waals surface area contributed by atoms with Gasteiger partial charge in [-0.3, -0.25) is 9.52 Å². The fraction of sp³-hybridized carbons (Fsp3) is 0.100. The van der Waals surface area contributed by atoms with Gasteiger partial charge in [-0.05, 0) is 18.2 Å². The van der Waals surface area contributed by atoms with Crippen LogP contribution in [0.2, 0.25) is 0 Å². The second-order valence-corrected chi connectivity index (χ2v) is 8.42. The fourth-order valence-electron chi connectivity index (χ4n) is 1.24. The van der Waals surface area contributed by atoms with Crippen LogP contribution in [0.5, 0.6) is 0 Å². The van der Waals surface area contributed by atoms with Crippen LogP contribution in [0.1, 0.15) is 0 Å². The van der Waals surface area contributed by atoms with E-state index >= 15 is 0 Å². The van der Waals surface area contributed by atoms with Crippen LogP contribution in [-0.4, -0.2) is 35.4 Å². The number of carboxylic acids is 1. The van der Waals surface area contributed by atoms with Gasteiger partial charge < -0.3 is 5.11 Å². The van der Waals surface area contributed by atoms with Gasteiger partial charge in [0.15, 0.2) is 4.34 Å². The number of hydrogen-bond donors (Lipinski definition) is 2. The molecule has 1 aromatic carbocycles. The summed E-state index contributed by atoms with van der Waals surface area (Å²) >= 11 is 5.15. The minimum atomic E-state index is -3.75. The molecule has 2 N–H and O–H groups in total. The maximum atomic E-state index is 12.1. The third-order valence-electron chi connectivity index (χ3n) is 2.05. The lowest BCUT2D eigenvalue weighted by atomic mass is 10.4. The van der Waals surface area contributed by atoms with E-state index in [-0.39, 0.29) is 15.8 Å². The molecule has 0 amide bonds. The Labute approximate surface area is 137 Å². The molecule has 7 nitrogen and oxygen atoms in total. The Bertz CT molecular complexity index is 762. The first-order valence-corrected chi connectivity index (χ1v) is 9.41. The zero-order valence-electron chi connectivity index (χ0n) is 10.2. The van der Waals surface area contributed by atoms with Crippen molar-refractivity contribution in [2.24, 2.45) is 0 Å². The number of carboxylic acid groups (broad SMARTS) is 1. The lowest BCUT2D eigenvalue weighted by Gasteiger charge is -2.04. The minimum absolute atomic E-state index is 0.0860. The van der Waals surface area contributed by atoms with Crippen LogP contribution in [-0.2, 0) is 14.8 Å². The quantitative estimate of drug-likeness (QED) is 0.703. The molecule has 0 aliphatic carbocycles. The van der Waals surface area contributed by atoms with Gasteiger partial charge in [-0.2, -0.15) is 0 Å². The van der Waals surface area contributed by atoms with Gasteiger partial charge in [0.25, 0.3) is 10.0 Å². The van der Waals surface area contributed by atoms with Gasteiger partial charge in [0.1, 0.15) is 0 Å². The van der Waals surface area contributed by atoms with Crippen LogP contribution in [0.3, 0.4) is 0 Å². The number of benzene rings is 1. The van der Waals surface area contributed by atoms with E-state index in [9.17, 15) is 13.2 Å². The van der Waals surface area contributed by atoms with Crippen LogP contribution < -0.4 is 4.72 Å². The molecule has 0 spiro atoms. The number of halogens is 1. The van der Waals surface area contributed by atoms with Crippen molar-refractivity contribution in [2.45, 2.75) is 9.24 Å². The zero-order chi connectivity index (χ0) is 15.5. The number of aromatic nitrogens is 2. The van der Waals surface area contributed by atoms with Crippen LogP contribution in [0.25, 0.3) is 0 Å². The molecule has 0 unspecified atom stereocenters. The Morgan fingerprint density at radius 3 is 2.86 bits per heavy atom. The zero-order valence-corrected chi connectivity index (χ0v) is 14.2. The molecular formula is C10H8BrN3O4S3. The van der Waals surface area contributed by atoms with Gasteiger partial charge in [0.2, 0.25) is 5.13 Å². The average molecular weight is 410 g/mol. The van der Waals surface area contributed by atoms with Crippen molar-refractivity contribution in [1.82, 2.24) is 10.2 Å². The summed E-state index contributed by atoms with van der Waals surface area (Å²) in [5.41, 5.74) is 0. The van der Waals surface area contributed by atoms with Crippen molar-refractivity contribution >= 4 is 60.2 Å². The molecule has 0 aliphatic rings. The van der Waals surface area contributed by atoms with Crippen molar-refractivity contribution in [3.05, 3.63) is 28.7 Å². The summed E-state index contributed by atoms with van der Waals surface area (Å²) in [6, 6.07) is 6.23. The minimum Gasteiger partial charge on any atom is -0.481 e. The highest BCUT2D eigenvalue weighted by Gasteiger charge is 2.17. The van der Waals surface area contributed by atoms with E-state index in [1.54, 1.807) is 12.1 Å². The molecule has 0 saturated carbocycles. The number of sulfonamides is 1. The van der Waals surface area contributed by atoms with E-state index in [4.69, 9.17) is 5.11 Å². The van der Waals surface area contributed by atoms with Crippen molar-refractivity contribution in [3.8, 4) is 0 Å². The fourth-order valence-corrected chi connectivity index (χ4v) is 4.54. The predicted molar refractivity (Wildman–Crippen MR) is 83.2 cm³/mol. The van der Waals surface area contributed by atoms with Gasteiger partial charge in [-0.1, -0.05) is 45.1 Å². The molecule has 1 heterocycles. The molecule has 21 heavy (non-hydrogen) atoms. The van der Waals surface area contributed by atoms with Gasteiger partial charge in [-0.15, -0.1) is 10.2 Å². The maximum absolute atomic E-state index is 12.1. The van der Waals surface area contributed by atoms with Crippen LogP contribution >= 0.6 is 39.0 Å². The highest BCUT2D eigenvalue weighted by atomic mass is 79.9. The normalized spacial score (nSPS) is 11.3. The van der Waals surface area contributed by atoms with Crippen LogP contribution in [0, 0.1) is 0 Å². The van der Waals surface area contributed by atoms with Crippen molar-refractivity contribution in [1.29, 1.82) is 0 Å². The first kappa shape index (κ1) is 16.2. The number of anilines is 1.